The Hall–Kier alpha value is -3.18. The van der Waals surface area contributed by atoms with Crippen molar-refractivity contribution < 1.29 is 29.1 Å². The molecule has 1 saturated heterocycles. The summed E-state index contributed by atoms with van der Waals surface area (Å²) >= 11 is 0. The number of nitrogens with zero attached hydrogens (tertiary/aromatic N) is 3. The van der Waals surface area contributed by atoms with Crippen LogP contribution in [0.25, 0.3) is 0 Å². The minimum absolute atomic E-state index is 0. The first-order valence-corrected chi connectivity index (χ1v) is 10.3. The van der Waals surface area contributed by atoms with Crippen molar-refractivity contribution in [3.05, 3.63) is 0 Å². The molecule has 0 radical (unpaired) electrons. The third-order valence-corrected chi connectivity index (χ3v) is 6.27. The zero-order chi connectivity index (χ0) is 24.1. The molecule has 0 aromatic heterocycles. The molecule has 2 rings (SSSR count). The Balaban J connectivity index is 0.00000544. The summed E-state index contributed by atoms with van der Waals surface area (Å²) in [4.78, 5) is 66.3. The Kier molecular flexibility index (Phi) is 9.80. The van der Waals surface area contributed by atoms with Gasteiger partial charge in [-0.1, -0.05) is 0 Å². The molecule has 14 heteroatoms. The van der Waals surface area contributed by atoms with Gasteiger partial charge in [0.2, 0.25) is 12.0 Å². The van der Waals surface area contributed by atoms with Gasteiger partial charge in [-0.2, -0.15) is 4.99 Å². The van der Waals surface area contributed by atoms with Gasteiger partial charge >= 0.3 is 5.97 Å². The normalized spacial score (nSPS) is 25.8. The van der Waals surface area contributed by atoms with E-state index in [-0.39, 0.29) is 43.3 Å². The number of nitrogens with one attached hydrogen (secondary N) is 2. The van der Waals surface area contributed by atoms with Gasteiger partial charge in [0.25, 0.3) is 11.8 Å². The van der Waals surface area contributed by atoms with Gasteiger partial charge < -0.3 is 31.7 Å². The van der Waals surface area contributed by atoms with E-state index in [0.717, 1.165) is 9.80 Å². The van der Waals surface area contributed by atoms with E-state index in [2.05, 4.69) is 10.3 Å². The number of piperazine rings is 1. The number of hydrogen-bond acceptors (Lipinski definition) is 7. The van der Waals surface area contributed by atoms with E-state index in [1.807, 2.05) is 0 Å². The zero-order valence-electron chi connectivity index (χ0n) is 18.3. The van der Waals surface area contributed by atoms with Crippen LogP contribution in [-0.4, -0.2) is 88.4 Å². The lowest BCUT2D eigenvalue weighted by atomic mass is 9.77. The second kappa shape index (κ2) is 11.6. The van der Waals surface area contributed by atoms with Crippen LogP contribution in [0.5, 0.6) is 0 Å². The van der Waals surface area contributed by atoms with Crippen molar-refractivity contribution in [1.82, 2.24) is 15.1 Å². The van der Waals surface area contributed by atoms with E-state index in [1.165, 1.54) is 13.0 Å². The van der Waals surface area contributed by atoms with Crippen LogP contribution < -0.4 is 16.8 Å². The lowest BCUT2D eigenvalue weighted by Crippen LogP contribution is -2.72. The monoisotopic (exact) mass is 487 g/mol. The molecule has 13 nitrogen and oxygen atoms in total. The van der Waals surface area contributed by atoms with Crippen molar-refractivity contribution in [2.24, 2.45) is 28.3 Å². The standard InChI is InChI=1S/C19H29N7O6.ClH/c1-19(16(20)31)17(32)25(9-13(28)29)6-7-26(19)15(30)14(24-10-27)12-4-2-11(3-5-12)8-23-18(21)22;/h11-12,14H,2-9H2,1H3,(H2,20,31)(H,28,29)(H4,21,22,23);1H/t11-,12-,14?,19-;/m0./s1. The minimum atomic E-state index is -2.09. The van der Waals surface area contributed by atoms with Crippen LogP contribution in [-0.2, 0) is 24.0 Å². The van der Waals surface area contributed by atoms with Crippen molar-refractivity contribution in [3.63, 3.8) is 0 Å². The van der Waals surface area contributed by atoms with E-state index < -0.39 is 41.8 Å². The smallest absolute Gasteiger partial charge is 0.323 e. The molecule has 0 aromatic rings. The predicted molar refractivity (Wildman–Crippen MR) is 118 cm³/mol. The fourth-order valence-corrected chi connectivity index (χ4v) is 4.39. The van der Waals surface area contributed by atoms with E-state index in [4.69, 9.17) is 22.0 Å². The summed E-state index contributed by atoms with van der Waals surface area (Å²) in [6.07, 6.45) is 3.96. The Morgan fingerprint density at radius 2 is 1.88 bits per heavy atom. The molecular weight excluding hydrogens is 458 g/mol. The number of primary amides is 1. The van der Waals surface area contributed by atoms with Crippen LogP contribution >= 0.6 is 12.4 Å². The average Bonchev–Trinajstić information content (AvgIpc) is 2.73. The topological polar surface area (TPSA) is 212 Å². The maximum atomic E-state index is 13.4. The van der Waals surface area contributed by atoms with Gasteiger partial charge in [0.05, 0.1) is 0 Å². The van der Waals surface area contributed by atoms with Crippen molar-refractivity contribution in [2.75, 3.05) is 26.2 Å². The summed E-state index contributed by atoms with van der Waals surface area (Å²) in [5, 5.41) is 19.0. The van der Waals surface area contributed by atoms with E-state index in [9.17, 15) is 24.0 Å². The molecule has 33 heavy (non-hydrogen) atoms. The number of carboxylic acids is 1. The maximum absolute atomic E-state index is 13.4. The van der Waals surface area contributed by atoms with Crippen LogP contribution in [0, 0.1) is 17.2 Å². The molecule has 7 N–H and O–H groups in total. The summed E-state index contributed by atoms with van der Waals surface area (Å²) in [5.41, 5.74) is 8.69. The van der Waals surface area contributed by atoms with E-state index in [1.54, 1.807) is 0 Å². The molecule has 0 bridgehead atoms. The number of guanidine groups is 1. The molecule has 0 aromatic carbocycles. The second-order valence-electron chi connectivity index (χ2n) is 8.29. The minimum Gasteiger partial charge on any atom is -0.480 e. The first kappa shape index (κ1) is 27.9. The number of aliphatic carboxylic acids is 1. The van der Waals surface area contributed by atoms with Crippen LogP contribution in [0.1, 0.15) is 32.6 Å². The average molecular weight is 488 g/mol. The Bertz CT molecular complexity index is 840. The molecule has 2 fully saturated rings. The maximum Gasteiger partial charge on any atom is 0.323 e. The van der Waals surface area contributed by atoms with Crippen LogP contribution in [0.4, 0.5) is 0 Å². The molecule has 1 aliphatic heterocycles. The van der Waals surface area contributed by atoms with Gasteiger partial charge in [-0.15, -0.1) is 12.4 Å². The van der Waals surface area contributed by atoms with E-state index >= 15 is 0 Å². The molecule has 2 aliphatic rings. The number of nitrogens with two attached hydrogens (primary N) is 2. The number of carbonyl (C=O) groups is 4. The summed E-state index contributed by atoms with van der Waals surface area (Å²) in [7, 11) is 0. The highest BCUT2D eigenvalue weighted by molar-refractivity contribution is 6.12. The first-order valence-electron chi connectivity index (χ1n) is 10.3. The highest BCUT2D eigenvalue weighted by Crippen LogP contribution is 2.34. The molecule has 3 amide bonds. The van der Waals surface area contributed by atoms with Gasteiger partial charge in [-0.05, 0) is 44.4 Å². The Morgan fingerprint density at radius 1 is 1.27 bits per heavy atom. The fourth-order valence-electron chi connectivity index (χ4n) is 4.39. The summed E-state index contributed by atoms with van der Waals surface area (Å²) in [6.45, 7) is 0.853. The summed E-state index contributed by atoms with van der Waals surface area (Å²) < 4.78 is 0. The number of aliphatic imine (C=N–C) groups is 1. The third-order valence-electron chi connectivity index (χ3n) is 6.27. The lowest BCUT2D eigenvalue weighted by Gasteiger charge is -2.46. The van der Waals surface area contributed by atoms with Crippen LogP contribution in [0.15, 0.2) is 4.99 Å². The number of isocyanates is 1. The van der Waals surface area contributed by atoms with E-state index in [0.29, 0.717) is 32.2 Å². The molecule has 1 saturated carbocycles. The number of carboxylic acid groups (broad SMARTS) is 1. The summed E-state index contributed by atoms with van der Waals surface area (Å²) in [5.74, 6) is -4.13. The fraction of sp³-hybridized carbons (Fsp3) is 0.684. The number of rotatable bonds is 8. The molecule has 1 heterocycles. The molecular formula is C19H30ClN7O6. The molecule has 1 aliphatic carbocycles. The highest BCUT2D eigenvalue weighted by atomic mass is 35.5. The number of halogens is 1. The number of carbonyl (C=O) groups excluding carboxylic acids is 4. The predicted octanol–water partition coefficient (Wildman–Crippen LogP) is -1.60. The first-order chi connectivity index (χ1) is 15.0. The molecule has 1 unspecified atom stereocenters. The molecule has 0 spiro atoms. The van der Waals surface area contributed by atoms with Gasteiger partial charge in [0, 0.05) is 19.6 Å². The second-order valence-corrected chi connectivity index (χ2v) is 8.29. The SMILES string of the molecule is C[C@]1(C(N)=O)C(=O)N(CC(=O)O)CCN1C(=O)C(N=C=O)[C@H]1CC[C@H](CNC(=N)N)CC1.Cl. The van der Waals surface area contributed by atoms with Crippen LogP contribution in [0.3, 0.4) is 0 Å². The van der Waals surface area contributed by atoms with Gasteiger partial charge in [0.15, 0.2) is 11.5 Å². The van der Waals surface area contributed by atoms with Gasteiger partial charge in [0.1, 0.15) is 12.6 Å². The van der Waals surface area contributed by atoms with Gasteiger partial charge in [-0.25, -0.2) is 4.79 Å². The zero-order valence-corrected chi connectivity index (χ0v) is 19.1. The van der Waals surface area contributed by atoms with Crippen molar-refractivity contribution in [2.45, 2.75) is 44.2 Å². The van der Waals surface area contributed by atoms with Crippen molar-refractivity contribution in [1.29, 1.82) is 5.41 Å². The molecule has 184 valence electrons. The highest BCUT2D eigenvalue weighted by Gasteiger charge is 2.54. The third kappa shape index (κ3) is 6.20. The summed E-state index contributed by atoms with van der Waals surface area (Å²) in [6, 6.07) is -1.13. The Labute approximate surface area is 196 Å². The van der Waals surface area contributed by atoms with Crippen molar-refractivity contribution in [3.8, 4) is 0 Å². The number of amides is 3. The lowest BCUT2D eigenvalue weighted by molar-refractivity contribution is -0.168. The van der Waals surface area contributed by atoms with Gasteiger partial charge in [-0.3, -0.25) is 24.6 Å². The quantitative estimate of drug-likeness (QED) is 0.116. The van der Waals surface area contributed by atoms with Crippen molar-refractivity contribution >= 4 is 48.1 Å². The number of hydrogen-bond donors (Lipinski definition) is 5. The van der Waals surface area contributed by atoms with Crippen LogP contribution in [0.2, 0.25) is 0 Å². The molecule has 2 atom stereocenters. The largest absolute Gasteiger partial charge is 0.480 e. The Morgan fingerprint density at radius 3 is 2.36 bits per heavy atom.